The predicted molar refractivity (Wildman–Crippen MR) is 37.3 cm³/mol. The van der Waals surface area contributed by atoms with Gasteiger partial charge >= 0.3 is 11.9 Å². The van der Waals surface area contributed by atoms with Crippen molar-refractivity contribution in [2.75, 3.05) is 6.67 Å². The fourth-order valence-electron chi connectivity index (χ4n) is 0.897. The van der Waals surface area contributed by atoms with Crippen LogP contribution in [0, 0.1) is 0 Å². The summed E-state index contributed by atoms with van der Waals surface area (Å²) >= 11 is 0. The highest BCUT2D eigenvalue weighted by Crippen LogP contribution is 2.37. The molecule has 1 unspecified atom stereocenters. The van der Waals surface area contributed by atoms with E-state index < -0.39 is 30.7 Å². The van der Waals surface area contributed by atoms with E-state index in [1.54, 1.807) is 0 Å². The number of alkyl halides is 4. The molecule has 0 aliphatic heterocycles. The minimum absolute atomic E-state index is 0.0988. The van der Waals surface area contributed by atoms with Crippen molar-refractivity contribution in [1.82, 2.24) is 0 Å². The molecule has 0 spiro atoms. The third-order valence-corrected chi connectivity index (χ3v) is 1.68. The number of rotatable bonds is 5. The van der Waals surface area contributed by atoms with Gasteiger partial charge in [0.15, 0.2) is 6.67 Å². The lowest BCUT2D eigenvalue weighted by molar-refractivity contribution is -0.190. The van der Waals surface area contributed by atoms with Crippen molar-refractivity contribution in [2.45, 2.75) is 31.4 Å². The van der Waals surface area contributed by atoms with Crippen LogP contribution in [0.15, 0.2) is 0 Å². The van der Waals surface area contributed by atoms with Gasteiger partial charge in [-0.25, -0.2) is 13.6 Å². The standard InChI is InChI=1S/C7H10F4O2/c1-2-3-6(9,5(12)13)7(10,11)4-8/h2-4H2,1H3,(H,12,13). The van der Waals surface area contributed by atoms with E-state index in [0.717, 1.165) is 0 Å². The van der Waals surface area contributed by atoms with Gasteiger partial charge < -0.3 is 5.11 Å². The van der Waals surface area contributed by atoms with Gasteiger partial charge in [0.1, 0.15) is 0 Å². The van der Waals surface area contributed by atoms with Crippen molar-refractivity contribution in [1.29, 1.82) is 0 Å². The molecule has 0 saturated heterocycles. The normalized spacial score (nSPS) is 16.7. The van der Waals surface area contributed by atoms with E-state index in [9.17, 15) is 22.4 Å². The van der Waals surface area contributed by atoms with E-state index in [0.29, 0.717) is 0 Å². The smallest absolute Gasteiger partial charge is 0.348 e. The monoisotopic (exact) mass is 202 g/mol. The molecule has 0 radical (unpaired) electrons. The van der Waals surface area contributed by atoms with Crippen LogP contribution >= 0.6 is 0 Å². The van der Waals surface area contributed by atoms with Crippen LogP contribution in [0.2, 0.25) is 0 Å². The maximum absolute atomic E-state index is 13.1. The van der Waals surface area contributed by atoms with Gasteiger partial charge in [0.2, 0.25) is 0 Å². The Morgan fingerprint density at radius 3 is 2.08 bits per heavy atom. The molecule has 0 fully saturated rings. The molecule has 0 saturated carbocycles. The third-order valence-electron chi connectivity index (χ3n) is 1.68. The predicted octanol–water partition coefficient (Wildman–Crippen LogP) is 2.18. The quantitative estimate of drug-likeness (QED) is 0.694. The highest BCUT2D eigenvalue weighted by molar-refractivity contribution is 5.78. The van der Waals surface area contributed by atoms with Gasteiger partial charge in [0.05, 0.1) is 0 Å². The van der Waals surface area contributed by atoms with Crippen molar-refractivity contribution in [3.63, 3.8) is 0 Å². The molecule has 0 bridgehead atoms. The van der Waals surface area contributed by atoms with Crippen molar-refractivity contribution in [2.24, 2.45) is 0 Å². The molecule has 0 aromatic carbocycles. The number of carboxylic acid groups (broad SMARTS) is 1. The molecular formula is C7H10F4O2. The molecule has 0 rings (SSSR count). The summed E-state index contributed by atoms with van der Waals surface area (Å²) in [4.78, 5) is 10.2. The van der Waals surface area contributed by atoms with E-state index in [4.69, 9.17) is 5.11 Å². The maximum atomic E-state index is 13.1. The Labute approximate surface area is 72.5 Å². The molecule has 0 heterocycles. The Balaban J connectivity index is 4.88. The van der Waals surface area contributed by atoms with Gasteiger partial charge in [-0.1, -0.05) is 13.3 Å². The highest BCUT2D eigenvalue weighted by Gasteiger charge is 2.60. The van der Waals surface area contributed by atoms with E-state index in [-0.39, 0.29) is 6.42 Å². The van der Waals surface area contributed by atoms with E-state index in [1.807, 2.05) is 0 Å². The van der Waals surface area contributed by atoms with Crippen LogP contribution in [0.5, 0.6) is 0 Å². The Bertz CT molecular complexity index is 195. The van der Waals surface area contributed by atoms with Crippen LogP contribution in [0.1, 0.15) is 19.8 Å². The summed E-state index contributed by atoms with van der Waals surface area (Å²) < 4.78 is 49.8. The number of hydrogen-bond acceptors (Lipinski definition) is 1. The second-order valence-corrected chi connectivity index (χ2v) is 2.69. The van der Waals surface area contributed by atoms with Crippen molar-refractivity contribution >= 4 is 5.97 Å². The van der Waals surface area contributed by atoms with Gasteiger partial charge in [0, 0.05) is 0 Å². The molecule has 13 heavy (non-hydrogen) atoms. The first-order chi connectivity index (χ1) is 5.81. The van der Waals surface area contributed by atoms with Crippen LogP contribution in [0.3, 0.4) is 0 Å². The highest BCUT2D eigenvalue weighted by atomic mass is 19.3. The summed E-state index contributed by atoms with van der Waals surface area (Å²) in [7, 11) is 0. The maximum Gasteiger partial charge on any atom is 0.348 e. The summed E-state index contributed by atoms with van der Waals surface area (Å²) in [5, 5.41) is 8.21. The van der Waals surface area contributed by atoms with Gasteiger partial charge in [0.25, 0.3) is 5.67 Å². The fourth-order valence-corrected chi connectivity index (χ4v) is 0.897. The molecule has 1 N–H and O–H groups in total. The lowest BCUT2D eigenvalue weighted by Crippen LogP contribution is -2.52. The van der Waals surface area contributed by atoms with Crippen LogP contribution < -0.4 is 0 Å². The SMILES string of the molecule is CCCC(F)(C(=O)O)C(F)(F)CF. The number of halogens is 4. The first-order valence-electron chi connectivity index (χ1n) is 3.68. The fraction of sp³-hybridized carbons (Fsp3) is 0.857. The molecule has 0 amide bonds. The second kappa shape index (κ2) is 3.93. The van der Waals surface area contributed by atoms with Gasteiger partial charge in [-0.05, 0) is 6.42 Å². The molecule has 1 atom stereocenters. The van der Waals surface area contributed by atoms with Crippen LogP contribution in [-0.2, 0) is 4.79 Å². The summed E-state index contributed by atoms with van der Waals surface area (Å²) in [6, 6.07) is 0. The number of carbonyl (C=O) groups is 1. The Morgan fingerprint density at radius 1 is 1.38 bits per heavy atom. The van der Waals surface area contributed by atoms with Crippen LogP contribution in [0.4, 0.5) is 17.6 Å². The largest absolute Gasteiger partial charge is 0.479 e. The summed E-state index contributed by atoms with van der Waals surface area (Å²) in [5.74, 6) is -6.79. The molecule has 6 heteroatoms. The summed E-state index contributed by atoms with van der Waals surface area (Å²) in [5.41, 5.74) is -3.80. The summed E-state index contributed by atoms with van der Waals surface area (Å²) in [6.45, 7) is -0.971. The van der Waals surface area contributed by atoms with Crippen molar-refractivity contribution in [3.05, 3.63) is 0 Å². The van der Waals surface area contributed by atoms with Gasteiger partial charge in [-0.15, -0.1) is 0 Å². The van der Waals surface area contributed by atoms with Gasteiger partial charge in [-0.3, -0.25) is 0 Å². The summed E-state index contributed by atoms with van der Waals surface area (Å²) in [6.07, 6.45) is -1.00. The Hall–Kier alpha value is -0.810. The zero-order valence-electron chi connectivity index (χ0n) is 6.99. The molecular weight excluding hydrogens is 192 g/mol. The van der Waals surface area contributed by atoms with Gasteiger partial charge in [-0.2, -0.15) is 8.78 Å². The molecule has 78 valence electrons. The zero-order chi connectivity index (χ0) is 10.7. The van der Waals surface area contributed by atoms with Crippen molar-refractivity contribution in [3.8, 4) is 0 Å². The van der Waals surface area contributed by atoms with Crippen LogP contribution in [0.25, 0.3) is 0 Å². The Morgan fingerprint density at radius 2 is 1.85 bits per heavy atom. The average molecular weight is 202 g/mol. The third kappa shape index (κ3) is 2.10. The van der Waals surface area contributed by atoms with Crippen molar-refractivity contribution < 1.29 is 27.5 Å². The lowest BCUT2D eigenvalue weighted by Gasteiger charge is -2.27. The van der Waals surface area contributed by atoms with E-state index in [1.165, 1.54) is 6.92 Å². The van der Waals surface area contributed by atoms with E-state index >= 15 is 0 Å². The minimum Gasteiger partial charge on any atom is -0.479 e. The lowest BCUT2D eigenvalue weighted by atomic mass is 9.93. The number of hydrogen-bond donors (Lipinski definition) is 1. The van der Waals surface area contributed by atoms with E-state index in [2.05, 4.69) is 0 Å². The molecule has 0 aliphatic rings. The average Bonchev–Trinajstić information content (AvgIpc) is 2.04. The first-order valence-corrected chi connectivity index (χ1v) is 3.68. The Kier molecular flexibility index (Phi) is 3.69. The molecule has 2 nitrogen and oxygen atoms in total. The molecule has 0 aliphatic carbocycles. The topological polar surface area (TPSA) is 37.3 Å². The minimum atomic E-state index is -4.46. The molecule has 0 aromatic rings. The zero-order valence-corrected chi connectivity index (χ0v) is 6.99. The first kappa shape index (κ1) is 12.2. The number of carboxylic acids is 1. The second-order valence-electron chi connectivity index (χ2n) is 2.69. The number of aliphatic carboxylic acids is 1. The van der Waals surface area contributed by atoms with Crippen LogP contribution in [-0.4, -0.2) is 29.3 Å². The molecule has 0 aromatic heterocycles.